The van der Waals surface area contributed by atoms with Crippen molar-refractivity contribution in [2.75, 3.05) is 11.9 Å². The molecule has 1 amide bonds. The maximum atomic E-state index is 11.8. The van der Waals surface area contributed by atoms with Gasteiger partial charge in [0.2, 0.25) is 0 Å². The van der Waals surface area contributed by atoms with Crippen LogP contribution < -0.4 is 10.6 Å². The summed E-state index contributed by atoms with van der Waals surface area (Å²) >= 11 is 0. The molecule has 2 fully saturated rings. The van der Waals surface area contributed by atoms with E-state index < -0.39 is 0 Å². The van der Waals surface area contributed by atoms with Gasteiger partial charge >= 0.3 is 6.09 Å². The molecule has 9 heteroatoms. The molecular weight excluding hydrogens is 346 g/mol. The first-order valence-electron chi connectivity index (χ1n) is 9.18. The summed E-state index contributed by atoms with van der Waals surface area (Å²) in [5.41, 5.74) is 1.27. The summed E-state index contributed by atoms with van der Waals surface area (Å²) in [5.74, 6) is 2.08. The van der Waals surface area contributed by atoms with Crippen LogP contribution in [-0.4, -0.2) is 38.9 Å². The Morgan fingerprint density at radius 3 is 2.89 bits per heavy atom. The van der Waals surface area contributed by atoms with Crippen LogP contribution in [0.4, 0.5) is 16.4 Å². The van der Waals surface area contributed by atoms with Gasteiger partial charge in [0.15, 0.2) is 11.5 Å². The van der Waals surface area contributed by atoms with Crippen LogP contribution in [0.1, 0.15) is 49.4 Å². The van der Waals surface area contributed by atoms with Gasteiger partial charge in [-0.3, -0.25) is 5.10 Å². The molecule has 2 atom stereocenters. The van der Waals surface area contributed by atoms with Crippen LogP contribution in [0.3, 0.4) is 0 Å². The van der Waals surface area contributed by atoms with Gasteiger partial charge in [-0.15, -0.1) is 0 Å². The first kappa shape index (κ1) is 17.3. The van der Waals surface area contributed by atoms with E-state index in [0.717, 1.165) is 31.5 Å². The molecule has 0 radical (unpaired) electrons. The number of nitrogens with one attached hydrogen (secondary N) is 3. The molecule has 27 heavy (non-hydrogen) atoms. The van der Waals surface area contributed by atoms with E-state index in [0.29, 0.717) is 17.6 Å². The highest BCUT2D eigenvalue weighted by Crippen LogP contribution is 2.36. The summed E-state index contributed by atoms with van der Waals surface area (Å²) in [7, 11) is 0. The number of carbonyl (C=O) groups excluding carboxylic acids is 1. The van der Waals surface area contributed by atoms with Gasteiger partial charge in [0.25, 0.3) is 0 Å². The van der Waals surface area contributed by atoms with Crippen molar-refractivity contribution >= 4 is 17.7 Å². The van der Waals surface area contributed by atoms with E-state index in [4.69, 9.17) is 10.00 Å². The van der Waals surface area contributed by atoms with Crippen molar-refractivity contribution in [3.63, 3.8) is 0 Å². The molecule has 2 aromatic rings. The molecular formula is C18H21N7O2. The van der Waals surface area contributed by atoms with E-state index in [9.17, 15) is 4.79 Å². The van der Waals surface area contributed by atoms with Crippen LogP contribution in [0.15, 0.2) is 18.5 Å². The van der Waals surface area contributed by atoms with Crippen LogP contribution in [-0.2, 0) is 4.74 Å². The zero-order chi connectivity index (χ0) is 18.6. The van der Waals surface area contributed by atoms with Crippen LogP contribution in [0.2, 0.25) is 0 Å². The Labute approximate surface area is 156 Å². The third kappa shape index (κ3) is 4.53. The Balaban J connectivity index is 1.28. The summed E-state index contributed by atoms with van der Waals surface area (Å²) in [6.45, 7) is 0.725. The van der Waals surface area contributed by atoms with Crippen LogP contribution in [0.5, 0.6) is 0 Å². The van der Waals surface area contributed by atoms with Gasteiger partial charge in [0.1, 0.15) is 18.0 Å². The Morgan fingerprint density at radius 2 is 2.15 bits per heavy atom. The average molecular weight is 367 g/mol. The Bertz CT molecular complexity index is 838. The fraction of sp³-hybridized carbons (Fsp3) is 0.500. The molecule has 2 aliphatic carbocycles. The van der Waals surface area contributed by atoms with Crippen molar-refractivity contribution in [3.8, 4) is 6.07 Å². The Kier molecular flexibility index (Phi) is 4.87. The number of alkyl carbamates (subject to hydrolysis) is 1. The number of aromatic amines is 1. The second-order valence-electron chi connectivity index (χ2n) is 7.09. The number of hydrogen-bond donors (Lipinski definition) is 3. The van der Waals surface area contributed by atoms with Crippen molar-refractivity contribution in [2.45, 2.75) is 44.1 Å². The van der Waals surface area contributed by atoms with Crippen molar-refractivity contribution < 1.29 is 9.53 Å². The van der Waals surface area contributed by atoms with E-state index >= 15 is 0 Å². The second-order valence-corrected chi connectivity index (χ2v) is 7.09. The standard InChI is InChI=1S/C18H21N7O2/c19-7-13-9-21-17(10-20-13)23-16-6-15(24-25-16)12-3-4-14(5-12)27-18(26)22-8-11-1-2-11/h6,9-12,14H,1-5,8H2,(H,22,26)(H2,21,23,24,25). The average Bonchev–Trinajstić information content (AvgIpc) is 3.21. The minimum Gasteiger partial charge on any atom is -0.446 e. The largest absolute Gasteiger partial charge is 0.446 e. The number of aromatic nitrogens is 4. The zero-order valence-electron chi connectivity index (χ0n) is 14.8. The molecule has 2 aromatic heterocycles. The van der Waals surface area contributed by atoms with Crippen LogP contribution in [0.25, 0.3) is 0 Å². The first-order valence-corrected chi connectivity index (χ1v) is 9.18. The number of nitrogens with zero attached hydrogens (tertiary/aromatic N) is 4. The first-order chi connectivity index (χ1) is 13.2. The minimum absolute atomic E-state index is 0.0571. The van der Waals surface area contributed by atoms with Crippen molar-refractivity contribution in [2.24, 2.45) is 5.92 Å². The second kappa shape index (κ2) is 7.61. The summed E-state index contributed by atoms with van der Waals surface area (Å²) in [5, 5.41) is 21.9. The topological polar surface area (TPSA) is 129 Å². The van der Waals surface area contributed by atoms with Gasteiger partial charge in [-0.25, -0.2) is 14.8 Å². The van der Waals surface area contributed by atoms with Crippen molar-refractivity contribution in [1.82, 2.24) is 25.5 Å². The Morgan fingerprint density at radius 1 is 1.26 bits per heavy atom. The van der Waals surface area contributed by atoms with Gasteiger partial charge in [-0.1, -0.05) is 0 Å². The number of hydrogen-bond acceptors (Lipinski definition) is 7. The molecule has 0 saturated heterocycles. The highest BCUT2D eigenvalue weighted by molar-refractivity contribution is 5.67. The number of carbonyl (C=O) groups is 1. The fourth-order valence-electron chi connectivity index (χ4n) is 3.26. The molecule has 0 aromatic carbocycles. The SMILES string of the molecule is N#Cc1cnc(Nc2cc(C3CCC(OC(=O)NCC4CC4)C3)[nH]n2)cn1. The van der Waals surface area contributed by atoms with Gasteiger partial charge < -0.3 is 15.4 Å². The van der Waals surface area contributed by atoms with E-state index in [1.807, 2.05) is 12.1 Å². The summed E-state index contributed by atoms with van der Waals surface area (Å²) in [6.07, 6.45) is 7.53. The summed E-state index contributed by atoms with van der Waals surface area (Å²) in [4.78, 5) is 19.9. The zero-order valence-corrected chi connectivity index (χ0v) is 14.8. The highest BCUT2D eigenvalue weighted by Gasteiger charge is 2.30. The smallest absolute Gasteiger partial charge is 0.407 e. The molecule has 2 aliphatic rings. The van der Waals surface area contributed by atoms with E-state index in [1.54, 1.807) is 0 Å². The number of rotatable bonds is 6. The van der Waals surface area contributed by atoms with Gasteiger partial charge in [0.05, 0.1) is 12.4 Å². The number of amides is 1. The fourth-order valence-corrected chi connectivity index (χ4v) is 3.26. The Hall–Kier alpha value is -3.15. The number of H-pyrrole nitrogens is 1. The van der Waals surface area contributed by atoms with Crippen LogP contribution in [0, 0.1) is 17.2 Å². The quantitative estimate of drug-likeness (QED) is 0.715. The third-order valence-corrected chi connectivity index (χ3v) is 4.95. The predicted molar refractivity (Wildman–Crippen MR) is 96.2 cm³/mol. The predicted octanol–water partition coefficient (Wildman–Crippen LogP) is 2.59. The maximum absolute atomic E-state index is 11.8. The van der Waals surface area contributed by atoms with E-state index in [-0.39, 0.29) is 23.8 Å². The molecule has 2 heterocycles. The van der Waals surface area contributed by atoms with Crippen LogP contribution >= 0.6 is 0 Å². The van der Waals surface area contributed by atoms with Gasteiger partial charge in [-0.2, -0.15) is 10.4 Å². The molecule has 0 spiro atoms. The van der Waals surface area contributed by atoms with E-state index in [2.05, 4.69) is 30.8 Å². The third-order valence-electron chi connectivity index (χ3n) is 4.95. The lowest BCUT2D eigenvalue weighted by molar-refractivity contribution is 0.0998. The number of anilines is 2. The molecule has 4 rings (SSSR count). The molecule has 2 unspecified atom stereocenters. The van der Waals surface area contributed by atoms with Crippen molar-refractivity contribution in [3.05, 3.63) is 29.8 Å². The van der Waals surface area contributed by atoms with Gasteiger partial charge in [-0.05, 0) is 38.0 Å². The number of nitriles is 1. The lowest BCUT2D eigenvalue weighted by Crippen LogP contribution is -2.29. The monoisotopic (exact) mass is 367 g/mol. The molecule has 0 bridgehead atoms. The normalized spacial score (nSPS) is 21.4. The van der Waals surface area contributed by atoms with Crippen molar-refractivity contribution in [1.29, 1.82) is 5.26 Å². The molecule has 140 valence electrons. The highest BCUT2D eigenvalue weighted by atomic mass is 16.6. The minimum atomic E-state index is -0.307. The maximum Gasteiger partial charge on any atom is 0.407 e. The molecule has 3 N–H and O–H groups in total. The molecule has 0 aliphatic heterocycles. The summed E-state index contributed by atoms with van der Waals surface area (Å²) < 4.78 is 5.52. The molecule has 2 saturated carbocycles. The lowest BCUT2D eigenvalue weighted by atomic mass is 10.0. The van der Waals surface area contributed by atoms with E-state index in [1.165, 1.54) is 25.2 Å². The van der Waals surface area contributed by atoms with Gasteiger partial charge in [0, 0.05) is 24.2 Å². The number of ether oxygens (including phenoxy) is 1. The summed E-state index contributed by atoms with van der Waals surface area (Å²) in [6, 6.07) is 3.86. The molecule has 9 nitrogen and oxygen atoms in total. The lowest BCUT2D eigenvalue weighted by Gasteiger charge is -2.13.